The van der Waals surface area contributed by atoms with Gasteiger partial charge in [0.2, 0.25) is 0 Å². The molecule has 1 aliphatic heterocycles. The molecule has 1 aliphatic carbocycles. The Kier molecular flexibility index (Phi) is 5.70. The van der Waals surface area contributed by atoms with Crippen molar-refractivity contribution in [3.63, 3.8) is 0 Å². The van der Waals surface area contributed by atoms with Crippen LogP contribution in [0.4, 0.5) is 4.79 Å². The quantitative estimate of drug-likeness (QED) is 0.864. The normalized spacial score (nSPS) is 31.4. The van der Waals surface area contributed by atoms with Crippen molar-refractivity contribution < 1.29 is 9.53 Å². The minimum atomic E-state index is 0.123. The Balaban J connectivity index is 1.94. The van der Waals surface area contributed by atoms with Crippen LogP contribution < -0.4 is 5.32 Å². The van der Waals surface area contributed by atoms with Crippen LogP contribution in [0.5, 0.6) is 0 Å². The van der Waals surface area contributed by atoms with Crippen molar-refractivity contribution in [1.82, 2.24) is 10.2 Å². The third-order valence-electron chi connectivity index (χ3n) is 4.94. The average molecular weight is 282 g/mol. The molecule has 4 heteroatoms. The van der Waals surface area contributed by atoms with Crippen LogP contribution in [0.2, 0.25) is 0 Å². The molecule has 1 heterocycles. The number of nitrogens with zero attached hydrogens (tertiary/aromatic N) is 1. The summed E-state index contributed by atoms with van der Waals surface area (Å²) >= 11 is 0. The Morgan fingerprint density at radius 3 is 2.80 bits per heavy atom. The molecule has 2 amide bonds. The summed E-state index contributed by atoms with van der Waals surface area (Å²) in [5.41, 5.74) is 0. The van der Waals surface area contributed by atoms with E-state index in [4.69, 9.17) is 4.74 Å². The van der Waals surface area contributed by atoms with Crippen molar-refractivity contribution in [3.05, 3.63) is 0 Å². The van der Waals surface area contributed by atoms with Gasteiger partial charge in [-0.3, -0.25) is 0 Å². The van der Waals surface area contributed by atoms with Crippen molar-refractivity contribution in [3.8, 4) is 0 Å². The summed E-state index contributed by atoms with van der Waals surface area (Å²) in [4.78, 5) is 14.5. The third-order valence-corrected chi connectivity index (χ3v) is 4.94. The van der Waals surface area contributed by atoms with Crippen LogP contribution >= 0.6 is 0 Å². The zero-order valence-corrected chi connectivity index (χ0v) is 13.2. The lowest BCUT2D eigenvalue weighted by Gasteiger charge is -2.39. The summed E-state index contributed by atoms with van der Waals surface area (Å²) in [5.74, 6) is 1.28. The molecule has 3 atom stereocenters. The molecule has 2 rings (SSSR count). The van der Waals surface area contributed by atoms with Crippen molar-refractivity contribution >= 4 is 6.03 Å². The van der Waals surface area contributed by atoms with E-state index in [-0.39, 0.29) is 12.1 Å². The maximum atomic E-state index is 12.6. The number of morpholine rings is 1. The first kappa shape index (κ1) is 15.6. The highest BCUT2D eigenvalue weighted by Gasteiger charge is 2.32. The van der Waals surface area contributed by atoms with Gasteiger partial charge >= 0.3 is 6.03 Å². The van der Waals surface area contributed by atoms with Gasteiger partial charge in [0, 0.05) is 12.6 Å². The lowest BCUT2D eigenvalue weighted by Crippen LogP contribution is -2.56. The van der Waals surface area contributed by atoms with E-state index >= 15 is 0 Å². The molecule has 2 fully saturated rings. The van der Waals surface area contributed by atoms with Crippen LogP contribution in [0, 0.1) is 11.8 Å². The fourth-order valence-electron chi connectivity index (χ4n) is 3.64. The first-order chi connectivity index (χ1) is 9.63. The van der Waals surface area contributed by atoms with E-state index in [1.165, 1.54) is 19.3 Å². The highest BCUT2D eigenvalue weighted by atomic mass is 16.5. The van der Waals surface area contributed by atoms with E-state index in [1.807, 2.05) is 4.90 Å². The van der Waals surface area contributed by atoms with Gasteiger partial charge < -0.3 is 15.0 Å². The molecule has 2 aliphatic rings. The maximum Gasteiger partial charge on any atom is 0.318 e. The number of amides is 2. The predicted octanol–water partition coefficient (Wildman–Crippen LogP) is 3.02. The number of ether oxygens (including phenoxy) is 1. The van der Waals surface area contributed by atoms with Gasteiger partial charge in [-0.05, 0) is 31.1 Å². The molecule has 0 aromatic carbocycles. The molecular formula is C16H30N2O2. The number of rotatable bonds is 3. The summed E-state index contributed by atoms with van der Waals surface area (Å²) in [7, 11) is 0. The van der Waals surface area contributed by atoms with Crippen LogP contribution in [-0.4, -0.2) is 42.8 Å². The minimum absolute atomic E-state index is 0.123. The summed E-state index contributed by atoms with van der Waals surface area (Å²) in [6, 6.07) is 0.721. The van der Waals surface area contributed by atoms with Crippen LogP contribution in [0.3, 0.4) is 0 Å². The van der Waals surface area contributed by atoms with Crippen molar-refractivity contribution in [2.45, 2.75) is 65.0 Å². The Bertz CT molecular complexity index is 320. The SMILES string of the molecule is CCC1COCCN1C(=O)NC1CCCCC1C(C)C. The number of carbonyl (C=O) groups is 1. The molecular weight excluding hydrogens is 252 g/mol. The van der Waals surface area contributed by atoms with Crippen molar-refractivity contribution in [1.29, 1.82) is 0 Å². The smallest absolute Gasteiger partial charge is 0.318 e. The van der Waals surface area contributed by atoms with Gasteiger partial charge in [-0.2, -0.15) is 0 Å². The summed E-state index contributed by atoms with van der Waals surface area (Å²) < 4.78 is 5.48. The molecule has 1 N–H and O–H groups in total. The Morgan fingerprint density at radius 1 is 1.35 bits per heavy atom. The van der Waals surface area contributed by atoms with Crippen LogP contribution in [-0.2, 0) is 4.74 Å². The maximum absolute atomic E-state index is 12.6. The van der Waals surface area contributed by atoms with Gasteiger partial charge in [-0.25, -0.2) is 4.79 Å². The molecule has 0 spiro atoms. The van der Waals surface area contributed by atoms with E-state index in [2.05, 4.69) is 26.1 Å². The van der Waals surface area contributed by atoms with E-state index in [1.54, 1.807) is 0 Å². The zero-order chi connectivity index (χ0) is 14.5. The zero-order valence-electron chi connectivity index (χ0n) is 13.2. The number of hydrogen-bond donors (Lipinski definition) is 1. The molecule has 1 saturated carbocycles. The van der Waals surface area contributed by atoms with Gasteiger partial charge in [0.15, 0.2) is 0 Å². The minimum Gasteiger partial charge on any atom is -0.377 e. The fraction of sp³-hybridized carbons (Fsp3) is 0.938. The summed E-state index contributed by atoms with van der Waals surface area (Å²) in [6.07, 6.45) is 5.91. The van der Waals surface area contributed by atoms with Gasteiger partial charge in [0.25, 0.3) is 0 Å². The number of urea groups is 1. The van der Waals surface area contributed by atoms with Crippen LogP contribution in [0.1, 0.15) is 52.9 Å². The van der Waals surface area contributed by atoms with Gasteiger partial charge in [0.1, 0.15) is 0 Å². The molecule has 4 nitrogen and oxygen atoms in total. The summed E-state index contributed by atoms with van der Waals surface area (Å²) in [5, 5.41) is 3.32. The number of nitrogens with one attached hydrogen (secondary N) is 1. The largest absolute Gasteiger partial charge is 0.377 e. The first-order valence-corrected chi connectivity index (χ1v) is 8.28. The molecule has 20 heavy (non-hydrogen) atoms. The van der Waals surface area contributed by atoms with E-state index in [0.29, 0.717) is 31.1 Å². The predicted molar refractivity (Wildman–Crippen MR) is 80.7 cm³/mol. The molecule has 116 valence electrons. The average Bonchev–Trinajstić information content (AvgIpc) is 2.47. The number of carbonyl (C=O) groups excluding carboxylic acids is 1. The fourth-order valence-corrected chi connectivity index (χ4v) is 3.64. The molecule has 0 aromatic heterocycles. The van der Waals surface area contributed by atoms with Crippen molar-refractivity contribution in [2.24, 2.45) is 11.8 Å². The van der Waals surface area contributed by atoms with Gasteiger partial charge in [-0.15, -0.1) is 0 Å². The second-order valence-corrected chi connectivity index (χ2v) is 6.58. The molecule has 0 bridgehead atoms. The third kappa shape index (κ3) is 3.66. The second-order valence-electron chi connectivity index (χ2n) is 6.58. The molecule has 3 unspecified atom stereocenters. The standard InChI is InChI=1S/C16H30N2O2/c1-4-13-11-20-10-9-18(13)16(19)17-15-8-6-5-7-14(15)12(2)3/h12-15H,4-11H2,1-3H3,(H,17,19). The monoisotopic (exact) mass is 282 g/mol. The molecule has 1 saturated heterocycles. The lowest BCUT2D eigenvalue weighted by atomic mass is 9.78. The summed E-state index contributed by atoms with van der Waals surface area (Å²) in [6.45, 7) is 8.75. The lowest BCUT2D eigenvalue weighted by molar-refractivity contribution is 0.00955. The van der Waals surface area contributed by atoms with Crippen LogP contribution in [0.25, 0.3) is 0 Å². The van der Waals surface area contributed by atoms with Crippen molar-refractivity contribution in [2.75, 3.05) is 19.8 Å². The van der Waals surface area contributed by atoms with Gasteiger partial charge in [-0.1, -0.05) is 33.6 Å². The van der Waals surface area contributed by atoms with Crippen LogP contribution in [0.15, 0.2) is 0 Å². The first-order valence-electron chi connectivity index (χ1n) is 8.28. The molecule has 0 radical (unpaired) electrons. The Labute approximate surface area is 123 Å². The van der Waals surface area contributed by atoms with Gasteiger partial charge in [0.05, 0.1) is 19.3 Å². The highest BCUT2D eigenvalue weighted by Crippen LogP contribution is 2.30. The van der Waals surface area contributed by atoms with E-state index in [0.717, 1.165) is 19.4 Å². The Hall–Kier alpha value is -0.770. The van der Waals surface area contributed by atoms with E-state index < -0.39 is 0 Å². The second kappa shape index (κ2) is 7.30. The van der Waals surface area contributed by atoms with E-state index in [9.17, 15) is 4.79 Å². The molecule has 0 aromatic rings. The topological polar surface area (TPSA) is 41.6 Å². The number of hydrogen-bond acceptors (Lipinski definition) is 2. The highest BCUT2D eigenvalue weighted by molar-refractivity contribution is 5.75. The Morgan fingerprint density at radius 2 is 2.10 bits per heavy atom.